The van der Waals surface area contributed by atoms with Crippen molar-refractivity contribution in [2.75, 3.05) is 5.32 Å². The van der Waals surface area contributed by atoms with Crippen molar-refractivity contribution in [1.82, 2.24) is 0 Å². The van der Waals surface area contributed by atoms with Crippen LogP contribution in [0.25, 0.3) is 10.8 Å². The molecule has 1 fully saturated rings. The number of anilines is 1. The molecule has 1 N–H and O–H groups in total. The molecule has 124 valence electrons. The smallest absolute Gasteiger partial charge is 0.238 e. The number of Topliss-reactive ketones (excluding diaryl/α,β-unsaturated/α-hetero) is 2. The molecule has 0 spiro atoms. The first kappa shape index (κ1) is 16.4. The third-order valence-corrected chi connectivity index (χ3v) is 4.92. The number of fused-ring (bicyclic) bond motifs is 1. The van der Waals surface area contributed by atoms with E-state index in [-0.39, 0.29) is 23.9 Å². The number of hydrogen-bond donors (Lipinski definition) is 1. The van der Waals surface area contributed by atoms with Crippen LogP contribution in [0.5, 0.6) is 0 Å². The molecule has 4 heteroatoms. The Morgan fingerprint density at radius 2 is 1.88 bits per heavy atom. The van der Waals surface area contributed by atoms with Crippen LogP contribution in [0.15, 0.2) is 42.5 Å². The van der Waals surface area contributed by atoms with Crippen molar-refractivity contribution in [3.8, 4) is 0 Å². The molecule has 0 saturated heterocycles. The van der Waals surface area contributed by atoms with Gasteiger partial charge in [-0.05, 0) is 37.6 Å². The topological polar surface area (TPSA) is 63.2 Å². The van der Waals surface area contributed by atoms with Gasteiger partial charge in [-0.15, -0.1) is 0 Å². The van der Waals surface area contributed by atoms with Gasteiger partial charge in [-0.3, -0.25) is 9.59 Å². The van der Waals surface area contributed by atoms with Crippen molar-refractivity contribution in [3.05, 3.63) is 42.5 Å². The molecule has 1 aliphatic carbocycles. The van der Waals surface area contributed by atoms with Crippen LogP contribution in [-0.2, 0) is 14.4 Å². The summed E-state index contributed by atoms with van der Waals surface area (Å²) in [7, 11) is 0. The second-order valence-corrected chi connectivity index (χ2v) is 6.54. The minimum atomic E-state index is -1.05. The Kier molecular flexibility index (Phi) is 4.47. The molecule has 3 rings (SSSR count). The van der Waals surface area contributed by atoms with Crippen LogP contribution in [0, 0.1) is 5.41 Å². The fourth-order valence-electron chi connectivity index (χ4n) is 3.51. The first-order chi connectivity index (χ1) is 11.5. The monoisotopic (exact) mass is 323 g/mol. The van der Waals surface area contributed by atoms with E-state index in [4.69, 9.17) is 0 Å². The number of carbonyl (C=O) groups is 3. The maximum atomic E-state index is 13.0. The van der Waals surface area contributed by atoms with Crippen LogP contribution >= 0.6 is 0 Å². The molecule has 24 heavy (non-hydrogen) atoms. The second-order valence-electron chi connectivity index (χ2n) is 6.54. The van der Waals surface area contributed by atoms with Gasteiger partial charge >= 0.3 is 0 Å². The molecule has 4 nitrogen and oxygen atoms in total. The van der Waals surface area contributed by atoms with Crippen molar-refractivity contribution in [2.45, 2.75) is 39.0 Å². The Morgan fingerprint density at radius 3 is 2.58 bits per heavy atom. The van der Waals surface area contributed by atoms with Gasteiger partial charge in [0.2, 0.25) is 5.91 Å². The van der Waals surface area contributed by atoms with E-state index in [1.54, 1.807) is 0 Å². The summed E-state index contributed by atoms with van der Waals surface area (Å²) in [5.74, 6) is -0.309. The predicted molar refractivity (Wildman–Crippen MR) is 93.8 cm³/mol. The zero-order valence-electron chi connectivity index (χ0n) is 13.8. The van der Waals surface area contributed by atoms with Crippen molar-refractivity contribution < 1.29 is 14.4 Å². The molecule has 0 aromatic heterocycles. The third-order valence-electron chi connectivity index (χ3n) is 4.92. The molecule has 1 aliphatic rings. The van der Waals surface area contributed by atoms with Gasteiger partial charge in [0, 0.05) is 23.9 Å². The Bertz CT molecular complexity index is 806. The summed E-state index contributed by atoms with van der Waals surface area (Å²) in [6.07, 6.45) is 2.21. The first-order valence-electron chi connectivity index (χ1n) is 8.35. The van der Waals surface area contributed by atoms with Crippen molar-refractivity contribution in [3.63, 3.8) is 0 Å². The highest BCUT2D eigenvalue weighted by molar-refractivity contribution is 6.14. The molecule has 1 atom stereocenters. The minimum Gasteiger partial charge on any atom is -0.325 e. The van der Waals surface area contributed by atoms with Gasteiger partial charge < -0.3 is 10.1 Å². The van der Waals surface area contributed by atoms with E-state index < -0.39 is 5.41 Å². The summed E-state index contributed by atoms with van der Waals surface area (Å²) in [4.78, 5) is 36.8. The van der Waals surface area contributed by atoms with Crippen LogP contribution in [0.1, 0.15) is 39.0 Å². The number of hydrogen-bond acceptors (Lipinski definition) is 3. The molecule has 0 radical (unpaired) electrons. The quantitative estimate of drug-likeness (QED) is 0.849. The van der Waals surface area contributed by atoms with Crippen LogP contribution in [0.4, 0.5) is 5.69 Å². The molecule has 0 unspecified atom stereocenters. The number of nitrogens with one attached hydrogen (secondary N) is 1. The van der Waals surface area contributed by atoms with Gasteiger partial charge in [0.15, 0.2) is 0 Å². The van der Waals surface area contributed by atoms with Gasteiger partial charge in [-0.2, -0.15) is 0 Å². The van der Waals surface area contributed by atoms with Gasteiger partial charge in [-0.25, -0.2) is 0 Å². The summed E-state index contributed by atoms with van der Waals surface area (Å²) in [5, 5.41) is 4.93. The predicted octanol–water partition coefficient (Wildman–Crippen LogP) is 3.89. The van der Waals surface area contributed by atoms with E-state index in [9.17, 15) is 14.4 Å². The van der Waals surface area contributed by atoms with E-state index in [0.29, 0.717) is 31.4 Å². The van der Waals surface area contributed by atoms with Gasteiger partial charge in [0.25, 0.3) is 0 Å². The molecule has 0 bridgehead atoms. The molecule has 0 heterocycles. The number of ketones is 2. The average molecular weight is 323 g/mol. The van der Waals surface area contributed by atoms with Gasteiger partial charge in [0.1, 0.15) is 17.0 Å². The molecule has 0 aliphatic heterocycles. The van der Waals surface area contributed by atoms with E-state index >= 15 is 0 Å². The normalized spacial score (nSPS) is 20.3. The fourth-order valence-corrected chi connectivity index (χ4v) is 3.51. The Balaban J connectivity index is 1.90. The highest BCUT2D eigenvalue weighted by atomic mass is 16.2. The van der Waals surface area contributed by atoms with Crippen LogP contribution in [0.2, 0.25) is 0 Å². The zero-order chi connectivity index (χ0) is 17.2. The highest BCUT2D eigenvalue weighted by Crippen LogP contribution is 2.40. The summed E-state index contributed by atoms with van der Waals surface area (Å²) in [6, 6.07) is 13.5. The third kappa shape index (κ3) is 2.96. The van der Waals surface area contributed by atoms with E-state index in [2.05, 4.69) is 5.32 Å². The number of amides is 1. The fraction of sp³-hybridized carbons (Fsp3) is 0.350. The highest BCUT2D eigenvalue weighted by Gasteiger charge is 2.48. The molecule has 2 aromatic carbocycles. The van der Waals surface area contributed by atoms with Gasteiger partial charge in [-0.1, -0.05) is 36.4 Å². The Hall–Kier alpha value is -2.49. The van der Waals surface area contributed by atoms with E-state index in [1.165, 1.54) is 6.92 Å². The lowest BCUT2D eigenvalue weighted by molar-refractivity contribution is -0.137. The van der Waals surface area contributed by atoms with Crippen molar-refractivity contribution >= 4 is 33.9 Å². The first-order valence-corrected chi connectivity index (χ1v) is 8.35. The average Bonchev–Trinajstić information content (AvgIpc) is 2.95. The zero-order valence-corrected chi connectivity index (χ0v) is 13.8. The lowest BCUT2D eigenvalue weighted by atomic mass is 9.79. The van der Waals surface area contributed by atoms with Gasteiger partial charge in [0.05, 0.1) is 0 Å². The number of benzene rings is 2. The molecular weight excluding hydrogens is 302 g/mol. The number of rotatable bonds is 5. The standard InChI is InChI=1S/C20H21NO3/c1-14(22)11-13-20(12-5-10-18(20)23)19(24)21-17-9-4-7-15-6-2-3-8-16(15)17/h2-4,6-9H,5,10-13H2,1H3,(H,21,24)/t20-/m1/s1. The Labute approximate surface area is 141 Å². The van der Waals surface area contributed by atoms with Crippen molar-refractivity contribution in [2.24, 2.45) is 5.41 Å². The van der Waals surface area contributed by atoms with E-state index in [1.807, 2.05) is 42.5 Å². The lowest BCUT2D eigenvalue weighted by Gasteiger charge is -2.26. The van der Waals surface area contributed by atoms with E-state index in [0.717, 1.165) is 10.8 Å². The van der Waals surface area contributed by atoms with Crippen LogP contribution in [0.3, 0.4) is 0 Å². The molecular formula is C20H21NO3. The maximum absolute atomic E-state index is 13.0. The summed E-state index contributed by atoms with van der Waals surface area (Å²) < 4.78 is 0. The largest absolute Gasteiger partial charge is 0.325 e. The molecule has 1 saturated carbocycles. The number of carbonyl (C=O) groups excluding carboxylic acids is 3. The summed E-state index contributed by atoms with van der Waals surface area (Å²) >= 11 is 0. The summed E-state index contributed by atoms with van der Waals surface area (Å²) in [6.45, 7) is 1.50. The lowest BCUT2D eigenvalue weighted by Crippen LogP contribution is -2.40. The molecule has 1 amide bonds. The minimum absolute atomic E-state index is 0.00651. The SMILES string of the molecule is CC(=O)CC[C@]1(C(=O)Nc2cccc3ccccc23)CCCC1=O. The summed E-state index contributed by atoms with van der Waals surface area (Å²) in [5.41, 5.74) is -0.345. The Morgan fingerprint density at radius 1 is 1.12 bits per heavy atom. The van der Waals surface area contributed by atoms with Crippen molar-refractivity contribution in [1.29, 1.82) is 0 Å². The van der Waals surface area contributed by atoms with Crippen LogP contribution in [-0.4, -0.2) is 17.5 Å². The second kappa shape index (κ2) is 6.56. The molecule has 2 aromatic rings. The maximum Gasteiger partial charge on any atom is 0.238 e. The van der Waals surface area contributed by atoms with Crippen LogP contribution < -0.4 is 5.32 Å².